The van der Waals surface area contributed by atoms with Crippen molar-refractivity contribution in [3.8, 4) is 0 Å². The second kappa shape index (κ2) is 4.87. The summed E-state index contributed by atoms with van der Waals surface area (Å²) in [6, 6.07) is 11.0. The van der Waals surface area contributed by atoms with Crippen LogP contribution in [-0.2, 0) is 12.8 Å². The molecule has 2 heteroatoms. The molecule has 1 saturated heterocycles. The normalized spacial score (nSPS) is 20.4. The maximum atomic E-state index is 10.8. The molecule has 1 heterocycles. The summed E-state index contributed by atoms with van der Waals surface area (Å²) < 4.78 is 0. The zero-order valence-corrected chi connectivity index (χ0v) is 11.7. The predicted octanol–water partition coefficient (Wildman–Crippen LogP) is 2.97. The number of aliphatic hydroxyl groups excluding tert-OH is 1. The molecule has 104 valence electrons. The number of hydrogen-bond donors (Lipinski definition) is 2. The molecule has 2 N–H and O–H groups in total. The molecular formula is C18H21NO. The Balaban J connectivity index is 1.80. The van der Waals surface area contributed by atoms with Crippen LogP contribution in [-0.4, -0.2) is 18.2 Å². The molecule has 1 aliphatic heterocycles. The van der Waals surface area contributed by atoms with Crippen LogP contribution in [0.5, 0.6) is 0 Å². The summed E-state index contributed by atoms with van der Waals surface area (Å²) in [5, 5.41) is 16.9. The molecule has 1 unspecified atom stereocenters. The Bertz CT molecular complexity index is 633. The summed E-state index contributed by atoms with van der Waals surface area (Å²) in [4.78, 5) is 0. The van der Waals surface area contributed by atoms with Crippen molar-refractivity contribution in [2.24, 2.45) is 5.92 Å². The number of nitrogens with one attached hydrogen (secondary N) is 1. The highest BCUT2D eigenvalue weighted by atomic mass is 16.3. The van der Waals surface area contributed by atoms with E-state index in [1.807, 2.05) is 0 Å². The Kier molecular flexibility index (Phi) is 3.01. The molecule has 0 aromatic heterocycles. The smallest absolute Gasteiger partial charge is 0.0825 e. The first-order valence-electron chi connectivity index (χ1n) is 7.77. The van der Waals surface area contributed by atoms with E-state index in [0.29, 0.717) is 5.92 Å². The van der Waals surface area contributed by atoms with Gasteiger partial charge in [0.15, 0.2) is 0 Å². The summed E-state index contributed by atoms with van der Waals surface area (Å²) in [5.74, 6) is 0.398. The predicted molar refractivity (Wildman–Crippen MR) is 81.9 cm³/mol. The minimum absolute atomic E-state index is 0.318. The van der Waals surface area contributed by atoms with Crippen LogP contribution in [0.15, 0.2) is 30.3 Å². The van der Waals surface area contributed by atoms with Crippen molar-refractivity contribution >= 4 is 10.8 Å². The average molecular weight is 267 g/mol. The standard InChI is InChI=1S/C18H21NO/c20-18(14-8-10-19-11-9-14)16-7-6-13-5-4-12-2-1-3-15(16)17(12)13/h1-3,6-7,14,18-20H,4-5,8-11H2. The molecular weight excluding hydrogens is 246 g/mol. The van der Waals surface area contributed by atoms with Gasteiger partial charge in [0.05, 0.1) is 6.10 Å². The molecule has 0 spiro atoms. The SMILES string of the molecule is OC(c1ccc2c3c(cccc13)CC2)C1CCNCC1. The number of piperidine rings is 1. The molecule has 0 radical (unpaired) electrons. The van der Waals surface area contributed by atoms with Crippen molar-refractivity contribution in [3.63, 3.8) is 0 Å². The lowest BCUT2D eigenvalue weighted by Crippen LogP contribution is -2.30. The Morgan fingerprint density at radius 3 is 2.55 bits per heavy atom. The van der Waals surface area contributed by atoms with E-state index in [-0.39, 0.29) is 6.10 Å². The van der Waals surface area contributed by atoms with Gasteiger partial charge < -0.3 is 10.4 Å². The quantitative estimate of drug-likeness (QED) is 0.877. The van der Waals surface area contributed by atoms with E-state index >= 15 is 0 Å². The fraction of sp³-hybridized carbons (Fsp3) is 0.444. The first-order chi connectivity index (χ1) is 9.84. The van der Waals surface area contributed by atoms with E-state index in [9.17, 15) is 5.11 Å². The first-order valence-corrected chi connectivity index (χ1v) is 7.77. The lowest BCUT2D eigenvalue weighted by Gasteiger charge is -2.28. The van der Waals surface area contributed by atoms with Gasteiger partial charge in [0.25, 0.3) is 0 Å². The number of aliphatic hydroxyl groups is 1. The van der Waals surface area contributed by atoms with Gasteiger partial charge in [-0.2, -0.15) is 0 Å². The van der Waals surface area contributed by atoms with E-state index < -0.39 is 0 Å². The zero-order valence-electron chi connectivity index (χ0n) is 11.7. The van der Waals surface area contributed by atoms with E-state index in [2.05, 4.69) is 35.6 Å². The zero-order chi connectivity index (χ0) is 13.5. The number of aryl methyl sites for hydroxylation is 2. The molecule has 2 aliphatic rings. The van der Waals surface area contributed by atoms with Gasteiger partial charge in [0, 0.05) is 0 Å². The molecule has 1 atom stereocenters. The third-order valence-corrected chi connectivity index (χ3v) is 5.06. The Labute approximate surface area is 119 Å². The lowest BCUT2D eigenvalue weighted by atomic mass is 9.85. The van der Waals surface area contributed by atoms with E-state index in [0.717, 1.165) is 44.3 Å². The molecule has 2 nitrogen and oxygen atoms in total. The van der Waals surface area contributed by atoms with Crippen LogP contribution in [0, 0.1) is 5.92 Å². The van der Waals surface area contributed by atoms with Crippen molar-refractivity contribution in [1.29, 1.82) is 0 Å². The van der Waals surface area contributed by atoms with Crippen LogP contribution in [0.25, 0.3) is 10.8 Å². The average Bonchev–Trinajstić information content (AvgIpc) is 2.93. The highest BCUT2D eigenvalue weighted by Crippen LogP contribution is 2.38. The lowest BCUT2D eigenvalue weighted by molar-refractivity contribution is 0.0902. The monoisotopic (exact) mass is 267 g/mol. The fourth-order valence-corrected chi connectivity index (χ4v) is 3.94. The molecule has 0 saturated carbocycles. The summed E-state index contributed by atoms with van der Waals surface area (Å²) in [6.45, 7) is 2.06. The van der Waals surface area contributed by atoms with Crippen LogP contribution >= 0.6 is 0 Å². The van der Waals surface area contributed by atoms with Gasteiger partial charge >= 0.3 is 0 Å². The molecule has 2 aromatic carbocycles. The molecule has 1 fully saturated rings. The van der Waals surface area contributed by atoms with Gasteiger partial charge in [-0.3, -0.25) is 0 Å². The molecule has 0 amide bonds. The second-order valence-corrected chi connectivity index (χ2v) is 6.19. The maximum absolute atomic E-state index is 10.8. The second-order valence-electron chi connectivity index (χ2n) is 6.19. The number of benzene rings is 2. The topological polar surface area (TPSA) is 32.3 Å². The third-order valence-electron chi connectivity index (χ3n) is 5.06. The van der Waals surface area contributed by atoms with Crippen LogP contribution in [0.2, 0.25) is 0 Å². The number of rotatable bonds is 2. The third kappa shape index (κ3) is 1.87. The molecule has 4 rings (SSSR count). The minimum Gasteiger partial charge on any atom is -0.388 e. The van der Waals surface area contributed by atoms with Gasteiger partial charge in [0.2, 0.25) is 0 Å². The highest BCUT2D eigenvalue weighted by molar-refractivity contribution is 5.93. The van der Waals surface area contributed by atoms with Gasteiger partial charge in [-0.25, -0.2) is 0 Å². The van der Waals surface area contributed by atoms with Crippen molar-refractivity contribution in [2.75, 3.05) is 13.1 Å². The summed E-state index contributed by atoms with van der Waals surface area (Å²) in [5.41, 5.74) is 4.05. The van der Waals surface area contributed by atoms with Gasteiger partial charge in [0.1, 0.15) is 0 Å². The van der Waals surface area contributed by atoms with E-state index in [1.165, 1.54) is 21.9 Å². The van der Waals surface area contributed by atoms with Gasteiger partial charge in [-0.05, 0) is 72.2 Å². The Morgan fingerprint density at radius 1 is 1.00 bits per heavy atom. The molecule has 20 heavy (non-hydrogen) atoms. The Hall–Kier alpha value is -1.38. The van der Waals surface area contributed by atoms with Crippen molar-refractivity contribution in [1.82, 2.24) is 5.32 Å². The van der Waals surface area contributed by atoms with E-state index in [4.69, 9.17) is 0 Å². The van der Waals surface area contributed by atoms with Crippen LogP contribution in [0.3, 0.4) is 0 Å². The van der Waals surface area contributed by atoms with Gasteiger partial charge in [-0.1, -0.05) is 30.3 Å². The minimum atomic E-state index is -0.318. The fourth-order valence-electron chi connectivity index (χ4n) is 3.94. The summed E-state index contributed by atoms with van der Waals surface area (Å²) >= 11 is 0. The van der Waals surface area contributed by atoms with Crippen molar-refractivity contribution in [2.45, 2.75) is 31.8 Å². The summed E-state index contributed by atoms with van der Waals surface area (Å²) in [7, 11) is 0. The van der Waals surface area contributed by atoms with Crippen molar-refractivity contribution in [3.05, 3.63) is 47.0 Å². The first kappa shape index (κ1) is 12.4. The summed E-state index contributed by atoms with van der Waals surface area (Å²) in [6.07, 6.45) is 4.13. The number of hydrogen-bond acceptors (Lipinski definition) is 2. The molecule has 0 bridgehead atoms. The van der Waals surface area contributed by atoms with Gasteiger partial charge in [-0.15, -0.1) is 0 Å². The largest absolute Gasteiger partial charge is 0.388 e. The Morgan fingerprint density at radius 2 is 1.75 bits per heavy atom. The highest BCUT2D eigenvalue weighted by Gasteiger charge is 2.26. The van der Waals surface area contributed by atoms with Crippen molar-refractivity contribution < 1.29 is 5.11 Å². The van der Waals surface area contributed by atoms with E-state index in [1.54, 1.807) is 0 Å². The molecule has 2 aromatic rings. The van der Waals surface area contributed by atoms with Crippen LogP contribution in [0.4, 0.5) is 0 Å². The molecule has 1 aliphatic carbocycles. The maximum Gasteiger partial charge on any atom is 0.0825 e. The van der Waals surface area contributed by atoms with Crippen LogP contribution < -0.4 is 5.32 Å². The van der Waals surface area contributed by atoms with Crippen LogP contribution in [0.1, 0.15) is 35.6 Å².